The quantitative estimate of drug-likeness (QED) is 0.585. The van der Waals surface area contributed by atoms with Crippen molar-refractivity contribution in [1.82, 2.24) is 5.32 Å². The van der Waals surface area contributed by atoms with Crippen LogP contribution in [0.25, 0.3) is 6.08 Å². The van der Waals surface area contributed by atoms with E-state index in [1.54, 1.807) is 23.5 Å². The van der Waals surface area contributed by atoms with Gasteiger partial charge in [0.2, 0.25) is 0 Å². The van der Waals surface area contributed by atoms with Gasteiger partial charge in [-0.3, -0.25) is 4.79 Å². The van der Waals surface area contributed by atoms with Gasteiger partial charge in [-0.05, 0) is 42.1 Å². The van der Waals surface area contributed by atoms with Crippen LogP contribution >= 0.6 is 11.3 Å². The van der Waals surface area contributed by atoms with E-state index in [1.807, 2.05) is 24.4 Å². The fourth-order valence-corrected chi connectivity index (χ4v) is 2.77. The summed E-state index contributed by atoms with van der Waals surface area (Å²) in [6.45, 7) is 1.52. The van der Waals surface area contributed by atoms with Gasteiger partial charge in [-0.2, -0.15) is 0 Å². The number of aromatic hydroxyl groups is 1. The molecule has 2 rings (SSSR count). The fourth-order valence-electron chi connectivity index (χ4n) is 2.04. The van der Waals surface area contributed by atoms with Crippen molar-refractivity contribution in [3.05, 3.63) is 52.2 Å². The Morgan fingerprint density at radius 2 is 2.16 bits per heavy atom. The second-order valence-corrected chi connectivity index (χ2v) is 6.16. The SMILES string of the molecule is COc1cc(/C=C/C(=O)OCC(=O)N[C@@H](C)c2cccs2)ccc1O. The standard InChI is InChI=1S/C18H19NO5S/c1-12(16-4-3-9-25-16)19-17(21)11-24-18(22)8-6-13-5-7-14(20)15(10-13)23-2/h3-10,12,20H,11H2,1-2H3,(H,19,21)/b8-6+/t12-/m0/s1. The number of esters is 1. The number of amides is 1. The Hall–Kier alpha value is -2.80. The molecule has 2 aromatic rings. The maximum absolute atomic E-state index is 11.8. The van der Waals surface area contributed by atoms with E-state index in [2.05, 4.69) is 5.32 Å². The van der Waals surface area contributed by atoms with Crippen molar-refractivity contribution in [1.29, 1.82) is 0 Å². The van der Waals surface area contributed by atoms with E-state index < -0.39 is 5.97 Å². The second kappa shape index (κ2) is 8.89. The van der Waals surface area contributed by atoms with Crippen LogP contribution < -0.4 is 10.1 Å². The Bertz CT molecular complexity index is 755. The average molecular weight is 361 g/mol. The van der Waals surface area contributed by atoms with E-state index in [1.165, 1.54) is 25.3 Å². The summed E-state index contributed by atoms with van der Waals surface area (Å²) in [5.41, 5.74) is 0.655. The first-order chi connectivity index (χ1) is 12.0. The zero-order valence-corrected chi connectivity index (χ0v) is 14.7. The number of hydrogen-bond donors (Lipinski definition) is 2. The molecule has 0 aliphatic carbocycles. The molecule has 1 atom stereocenters. The highest BCUT2D eigenvalue weighted by atomic mass is 32.1. The summed E-state index contributed by atoms with van der Waals surface area (Å²) in [4.78, 5) is 24.5. The summed E-state index contributed by atoms with van der Waals surface area (Å²) < 4.78 is 9.90. The predicted molar refractivity (Wildman–Crippen MR) is 95.5 cm³/mol. The van der Waals surface area contributed by atoms with Gasteiger partial charge >= 0.3 is 5.97 Å². The minimum Gasteiger partial charge on any atom is -0.504 e. The van der Waals surface area contributed by atoms with Crippen LogP contribution in [0.5, 0.6) is 11.5 Å². The fraction of sp³-hybridized carbons (Fsp3) is 0.222. The maximum Gasteiger partial charge on any atom is 0.331 e. The predicted octanol–water partition coefficient (Wildman–Crippen LogP) is 2.90. The molecule has 0 aliphatic heterocycles. The Morgan fingerprint density at radius 3 is 2.84 bits per heavy atom. The third kappa shape index (κ3) is 5.65. The van der Waals surface area contributed by atoms with Gasteiger partial charge in [0.15, 0.2) is 18.1 Å². The molecule has 0 radical (unpaired) electrons. The number of phenols is 1. The van der Waals surface area contributed by atoms with Crippen LogP contribution in [0.1, 0.15) is 23.4 Å². The molecule has 2 N–H and O–H groups in total. The lowest BCUT2D eigenvalue weighted by molar-refractivity contribution is -0.144. The van der Waals surface area contributed by atoms with Crippen molar-refractivity contribution in [3.8, 4) is 11.5 Å². The molecular weight excluding hydrogens is 342 g/mol. The summed E-state index contributed by atoms with van der Waals surface area (Å²) in [5, 5.41) is 14.2. The summed E-state index contributed by atoms with van der Waals surface area (Å²) in [6, 6.07) is 8.36. The molecule has 1 heterocycles. The molecule has 132 valence electrons. The Labute approximate surface area is 149 Å². The molecule has 0 saturated carbocycles. The van der Waals surface area contributed by atoms with Crippen LogP contribution in [0.4, 0.5) is 0 Å². The van der Waals surface area contributed by atoms with Crippen LogP contribution in [-0.4, -0.2) is 30.7 Å². The molecule has 0 unspecified atom stereocenters. The highest BCUT2D eigenvalue weighted by Crippen LogP contribution is 2.26. The number of benzene rings is 1. The number of hydrogen-bond acceptors (Lipinski definition) is 6. The van der Waals surface area contributed by atoms with Crippen LogP contribution in [-0.2, 0) is 14.3 Å². The molecule has 6 nitrogen and oxygen atoms in total. The third-order valence-corrected chi connectivity index (χ3v) is 4.36. The molecule has 25 heavy (non-hydrogen) atoms. The van der Waals surface area contributed by atoms with E-state index >= 15 is 0 Å². The molecule has 0 saturated heterocycles. The highest BCUT2D eigenvalue weighted by Gasteiger charge is 2.11. The Morgan fingerprint density at radius 1 is 1.36 bits per heavy atom. The number of nitrogens with one attached hydrogen (secondary N) is 1. The van der Waals surface area contributed by atoms with Crippen molar-refractivity contribution < 1.29 is 24.2 Å². The van der Waals surface area contributed by atoms with E-state index in [0.29, 0.717) is 11.3 Å². The first-order valence-corrected chi connectivity index (χ1v) is 8.42. The smallest absolute Gasteiger partial charge is 0.331 e. The van der Waals surface area contributed by atoms with Crippen molar-refractivity contribution in [2.45, 2.75) is 13.0 Å². The number of ether oxygens (including phenoxy) is 2. The van der Waals surface area contributed by atoms with Gasteiger partial charge in [0, 0.05) is 11.0 Å². The molecule has 0 fully saturated rings. The topological polar surface area (TPSA) is 84.9 Å². The first-order valence-electron chi connectivity index (χ1n) is 7.54. The van der Waals surface area contributed by atoms with Crippen LogP contribution in [0.15, 0.2) is 41.8 Å². The Kier molecular flexibility index (Phi) is 6.59. The minimum absolute atomic E-state index is 0.0127. The Balaban J connectivity index is 1.81. The molecule has 1 aromatic carbocycles. The summed E-state index contributed by atoms with van der Waals surface area (Å²) in [6.07, 6.45) is 2.72. The lowest BCUT2D eigenvalue weighted by Gasteiger charge is -2.11. The average Bonchev–Trinajstić information content (AvgIpc) is 3.14. The van der Waals surface area contributed by atoms with Crippen LogP contribution in [0, 0.1) is 0 Å². The largest absolute Gasteiger partial charge is 0.504 e. The summed E-state index contributed by atoms with van der Waals surface area (Å²) in [7, 11) is 1.44. The summed E-state index contributed by atoms with van der Waals surface area (Å²) in [5.74, 6) is -0.684. The molecule has 1 aromatic heterocycles. The first kappa shape index (κ1) is 18.5. The number of phenolic OH excluding ortho intramolecular Hbond substituents is 1. The molecule has 0 aliphatic rings. The normalized spacial score (nSPS) is 11.9. The molecule has 7 heteroatoms. The van der Waals surface area contributed by atoms with Crippen molar-refractivity contribution in [2.24, 2.45) is 0 Å². The van der Waals surface area contributed by atoms with Gasteiger partial charge in [-0.1, -0.05) is 12.1 Å². The maximum atomic E-state index is 11.8. The zero-order valence-electron chi connectivity index (χ0n) is 13.9. The lowest BCUT2D eigenvalue weighted by Crippen LogP contribution is -2.30. The molecule has 0 spiro atoms. The van der Waals surface area contributed by atoms with E-state index in [4.69, 9.17) is 9.47 Å². The van der Waals surface area contributed by atoms with Crippen LogP contribution in [0.3, 0.4) is 0 Å². The third-order valence-electron chi connectivity index (χ3n) is 3.31. The van der Waals surface area contributed by atoms with Gasteiger partial charge in [0.25, 0.3) is 5.91 Å². The molecule has 1 amide bonds. The van der Waals surface area contributed by atoms with Gasteiger partial charge in [0.1, 0.15) is 0 Å². The zero-order chi connectivity index (χ0) is 18.2. The van der Waals surface area contributed by atoms with Gasteiger partial charge in [0.05, 0.1) is 13.2 Å². The van der Waals surface area contributed by atoms with Gasteiger partial charge in [-0.15, -0.1) is 11.3 Å². The van der Waals surface area contributed by atoms with E-state index in [0.717, 1.165) is 4.88 Å². The van der Waals surface area contributed by atoms with Crippen molar-refractivity contribution in [3.63, 3.8) is 0 Å². The highest BCUT2D eigenvalue weighted by molar-refractivity contribution is 7.10. The van der Waals surface area contributed by atoms with E-state index in [9.17, 15) is 14.7 Å². The number of rotatable bonds is 7. The monoisotopic (exact) mass is 361 g/mol. The number of carbonyl (C=O) groups excluding carboxylic acids is 2. The number of methoxy groups -OCH3 is 1. The number of carbonyl (C=O) groups is 2. The van der Waals surface area contributed by atoms with Gasteiger partial charge in [-0.25, -0.2) is 4.79 Å². The van der Waals surface area contributed by atoms with Crippen LogP contribution in [0.2, 0.25) is 0 Å². The minimum atomic E-state index is -0.633. The second-order valence-electron chi connectivity index (χ2n) is 5.18. The molecular formula is C18H19NO5S. The van der Waals surface area contributed by atoms with Crippen molar-refractivity contribution >= 4 is 29.3 Å². The van der Waals surface area contributed by atoms with Crippen molar-refractivity contribution in [2.75, 3.05) is 13.7 Å². The number of thiophene rings is 1. The summed E-state index contributed by atoms with van der Waals surface area (Å²) >= 11 is 1.55. The van der Waals surface area contributed by atoms with Gasteiger partial charge < -0.3 is 19.9 Å². The molecule has 0 bridgehead atoms. The lowest BCUT2D eigenvalue weighted by atomic mass is 10.2. The van der Waals surface area contributed by atoms with E-state index in [-0.39, 0.29) is 24.3 Å².